The van der Waals surface area contributed by atoms with Crippen molar-refractivity contribution >= 4 is 0 Å². The van der Waals surface area contributed by atoms with Crippen molar-refractivity contribution in [2.45, 2.75) is 20.0 Å². The molecule has 0 saturated heterocycles. The number of rotatable bonds is 7. The summed E-state index contributed by atoms with van der Waals surface area (Å²) in [7, 11) is 0. The minimum absolute atomic E-state index is 0.348. The van der Waals surface area contributed by atoms with Crippen LogP contribution < -0.4 is 4.74 Å². The molecule has 1 N–H and O–H groups in total. The molecule has 90 valence electrons. The summed E-state index contributed by atoms with van der Waals surface area (Å²) in [5, 5.41) is 9.78. The van der Waals surface area contributed by atoms with Gasteiger partial charge in [0.05, 0.1) is 0 Å². The summed E-state index contributed by atoms with van der Waals surface area (Å²) >= 11 is 0. The highest BCUT2D eigenvalue weighted by Gasteiger charge is 2.09. The van der Waals surface area contributed by atoms with E-state index in [1.807, 2.05) is 30.3 Å². The first-order valence-electron chi connectivity index (χ1n) is 5.84. The van der Waals surface area contributed by atoms with Crippen molar-refractivity contribution in [1.82, 2.24) is 4.90 Å². The molecular weight excluding hydrogens is 202 g/mol. The maximum Gasteiger partial charge on any atom is 0.119 e. The second-order valence-corrected chi connectivity index (χ2v) is 3.76. The molecule has 0 spiro atoms. The molecule has 16 heavy (non-hydrogen) atoms. The van der Waals surface area contributed by atoms with Gasteiger partial charge in [-0.15, -0.1) is 0 Å². The number of hydrogen-bond donors (Lipinski definition) is 1. The molecule has 0 unspecified atom stereocenters. The minimum Gasteiger partial charge on any atom is -0.491 e. The molecule has 0 aromatic heterocycles. The van der Waals surface area contributed by atoms with E-state index in [0.29, 0.717) is 13.2 Å². The fraction of sp³-hybridized carbons (Fsp3) is 0.538. The lowest BCUT2D eigenvalue weighted by Crippen LogP contribution is -2.35. The predicted octanol–water partition coefficient (Wildman–Crippen LogP) is 1.77. The van der Waals surface area contributed by atoms with Crippen molar-refractivity contribution in [3.8, 4) is 5.75 Å². The molecule has 1 aromatic carbocycles. The van der Waals surface area contributed by atoms with Crippen molar-refractivity contribution in [2.75, 3.05) is 26.2 Å². The van der Waals surface area contributed by atoms with Gasteiger partial charge in [0.25, 0.3) is 0 Å². The van der Waals surface area contributed by atoms with E-state index in [1.54, 1.807) is 0 Å². The molecule has 0 bridgehead atoms. The van der Waals surface area contributed by atoms with Crippen LogP contribution in [0.5, 0.6) is 5.75 Å². The second-order valence-electron chi connectivity index (χ2n) is 3.76. The van der Waals surface area contributed by atoms with Crippen LogP contribution in [0.3, 0.4) is 0 Å². The lowest BCUT2D eigenvalue weighted by atomic mass is 10.3. The van der Waals surface area contributed by atoms with Crippen LogP contribution in [0.1, 0.15) is 13.8 Å². The van der Waals surface area contributed by atoms with Crippen LogP contribution in [0.2, 0.25) is 0 Å². The molecule has 1 rings (SSSR count). The number of ether oxygens (including phenoxy) is 1. The Morgan fingerprint density at radius 1 is 1.19 bits per heavy atom. The third-order valence-electron chi connectivity index (χ3n) is 2.55. The van der Waals surface area contributed by atoms with Gasteiger partial charge in [-0.25, -0.2) is 0 Å². The minimum atomic E-state index is -0.430. The van der Waals surface area contributed by atoms with Gasteiger partial charge in [-0.2, -0.15) is 0 Å². The smallest absolute Gasteiger partial charge is 0.119 e. The first-order valence-corrected chi connectivity index (χ1v) is 5.84. The van der Waals surface area contributed by atoms with Crippen LogP contribution in [0.15, 0.2) is 30.3 Å². The van der Waals surface area contributed by atoms with E-state index in [-0.39, 0.29) is 0 Å². The Bertz CT molecular complexity index is 273. The Hall–Kier alpha value is -1.06. The molecule has 1 atom stereocenters. The number of nitrogens with zero attached hydrogens (tertiary/aromatic N) is 1. The van der Waals surface area contributed by atoms with Crippen LogP contribution >= 0.6 is 0 Å². The Labute approximate surface area is 97.7 Å². The summed E-state index contributed by atoms with van der Waals surface area (Å²) in [5.74, 6) is 0.807. The zero-order valence-electron chi connectivity index (χ0n) is 10.1. The van der Waals surface area contributed by atoms with E-state index < -0.39 is 6.10 Å². The molecule has 0 aliphatic rings. The van der Waals surface area contributed by atoms with Crippen LogP contribution in [0.4, 0.5) is 0 Å². The lowest BCUT2D eigenvalue weighted by molar-refractivity contribution is 0.0716. The standard InChI is InChI=1S/C13H21NO2/c1-3-14(4-2)10-12(15)11-16-13-8-6-5-7-9-13/h5-9,12,15H,3-4,10-11H2,1-2H3/t12-/m1/s1. The van der Waals surface area contributed by atoms with Crippen molar-refractivity contribution < 1.29 is 9.84 Å². The topological polar surface area (TPSA) is 32.7 Å². The summed E-state index contributed by atoms with van der Waals surface area (Å²) in [6.07, 6.45) is -0.430. The summed E-state index contributed by atoms with van der Waals surface area (Å²) in [6.45, 7) is 7.11. The third-order valence-corrected chi connectivity index (χ3v) is 2.55. The molecule has 0 aliphatic heterocycles. The number of hydrogen-bond acceptors (Lipinski definition) is 3. The average Bonchev–Trinajstić information content (AvgIpc) is 2.34. The Morgan fingerprint density at radius 2 is 1.81 bits per heavy atom. The number of para-hydroxylation sites is 1. The van der Waals surface area contributed by atoms with Gasteiger partial charge >= 0.3 is 0 Å². The van der Waals surface area contributed by atoms with Crippen LogP contribution in [0.25, 0.3) is 0 Å². The van der Waals surface area contributed by atoms with E-state index in [9.17, 15) is 5.11 Å². The molecule has 0 heterocycles. The van der Waals surface area contributed by atoms with Gasteiger partial charge in [-0.1, -0.05) is 32.0 Å². The van der Waals surface area contributed by atoms with Gasteiger partial charge in [0, 0.05) is 6.54 Å². The van der Waals surface area contributed by atoms with Gasteiger partial charge in [0.2, 0.25) is 0 Å². The largest absolute Gasteiger partial charge is 0.491 e. The molecule has 1 aromatic rings. The Morgan fingerprint density at radius 3 is 2.38 bits per heavy atom. The van der Waals surface area contributed by atoms with Crippen molar-refractivity contribution in [3.05, 3.63) is 30.3 Å². The van der Waals surface area contributed by atoms with Crippen molar-refractivity contribution in [1.29, 1.82) is 0 Å². The molecule has 0 saturated carbocycles. The normalized spacial score (nSPS) is 12.8. The van der Waals surface area contributed by atoms with Crippen molar-refractivity contribution in [2.24, 2.45) is 0 Å². The van der Waals surface area contributed by atoms with E-state index >= 15 is 0 Å². The summed E-state index contributed by atoms with van der Waals surface area (Å²) < 4.78 is 5.48. The van der Waals surface area contributed by atoms with E-state index in [0.717, 1.165) is 18.8 Å². The molecule has 0 aliphatic carbocycles. The maximum absolute atomic E-state index is 9.78. The predicted molar refractivity (Wildman–Crippen MR) is 65.7 cm³/mol. The van der Waals surface area contributed by atoms with E-state index in [2.05, 4.69) is 18.7 Å². The zero-order chi connectivity index (χ0) is 11.8. The highest BCUT2D eigenvalue weighted by Crippen LogP contribution is 2.08. The summed E-state index contributed by atoms with van der Waals surface area (Å²) in [4.78, 5) is 2.18. The molecule has 3 heteroatoms. The first kappa shape index (κ1) is 13.0. The van der Waals surface area contributed by atoms with Crippen LogP contribution in [-0.4, -0.2) is 42.4 Å². The zero-order valence-corrected chi connectivity index (χ0v) is 10.1. The quantitative estimate of drug-likeness (QED) is 0.764. The Balaban J connectivity index is 2.27. The van der Waals surface area contributed by atoms with Crippen molar-refractivity contribution in [3.63, 3.8) is 0 Å². The monoisotopic (exact) mass is 223 g/mol. The fourth-order valence-electron chi connectivity index (χ4n) is 1.54. The summed E-state index contributed by atoms with van der Waals surface area (Å²) in [5.41, 5.74) is 0. The molecular formula is C13H21NO2. The SMILES string of the molecule is CCN(CC)C[C@@H](O)COc1ccccc1. The molecule has 0 fully saturated rings. The van der Waals surface area contributed by atoms with E-state index in [1.165, 1.54) is 0 Å². The highest BCUT2D eigenvalue weighted by atomic mass is 16.5. The second kappa shape index (κ2) is 7.25. The van der Waals surface area contributed by atoms with Crippen LogP contribution in [-0.2, 0) is 0 Å². The summed E-state index contributed by atoms with van der Waals surface area (Å²) in [6, 6.07) is 9.58. The van der Waals surface area contributed by atoms with Gasteiger partial charge in [0.1, 0.15) is 18.5 Å². The fourth-order valence-corrected chi connectivity index (χ4v) is 1.54. The highest BCUT2D eigenvalue weighted by molar-refractivity contribution is 5.20. The number of benzene rings is 1. The third kappa shape index (κ3) is 4.64. The Kier molecular flexibility index (Phi) is 5.90. The molecule has 0 amide bonds. The number of likely N-dealkylation sites (N-methyl/N-ethyl adjacent to an activating group) is 1. The van der Waals surface area contributed by atoms with Crippen LogP contribution in [0, 0.1) is 0 Å². The molecule has 3 nitrogen and oxygen atoms in total. The lowest BCUT2D eigenvalue weighted by Gasteiger charge is -2.21. The number of aliphatic hydroxyl groups is 1. The average molecular weight is 223 g/mol. The molecule has 0 radical (unpaired) electrons. The maximum atomic E-state index is 9.78. The van der Waals surface area contributed by atoms with Gasteiger partial charge in [0.15, 0.2) is 0 Å². The number of aliphatic hydroxyl groups excluding tert-OH is 1. The van der Waals surface area contributed by atoms with Gasteiger partial charge in [-0.05, 0) is 25.2 Å². The van der Waals surface area contributed by atoms with Gasteiger partial charge in [-0.3, -0.25) is 0 Å². The first-order chi connectivity index (χ1) is 7.76. The van der Waals surface area contributed by atoms with E-state index in [4.69, 9.17) is 4.74 Å². The van der Waals surface area contributed by atoms with Gasteiger partial charge < -0.3 is 14.7 Å².